The Morgan fingerprint density at radius 3 is 1.23 bits per heavy atom. The van der Waals surface area contributed by atoms with E-state index in [2.05, 4.69) is 179 Å². The van der Waals surface area contributed by atoms with Gasteiger partial charge in [-0.3, -0.25) is 0 Å². The lowest BCUT2D eigenvalue weighted by Gasteiger charge is -2.15. The molecule has 0 N–H and O–H groups in total. The zero-order chi connectivity index (χ0) is 29.0. The van der Waals surface area contributed by atoms with Crippen LogP contribution in [0.1, 0.15) is 0 Å². The minimum Gasteiger partial charge on any atom is -0.309 e. The first-order valence-electron chi connectivity index (χ1n) is 15.1. The molecule has 9 aromatic rings. The van der Waals surface area contributed by atoms with Gasteiger partial charge in [0, 0.05) is 44.0 Å². The molecule has 0 aliphatic heterocycles. The Hall–Kier alpha value is -5.86. The van der Waals surface area contributed by atoms with Gasteiger partial charge in [-0.15, -0.1) is 0 Å². The zero-order valence-corrected chi connectivity index (χ0v) is 24.1. The van der Waals surface area contributed by atoms with E-state index >= 15 is 0 Å². The largest absolute Gasteiger partial charge is 0.309 e. The highest BCUT2D eigenvalue weighted by Crippen LogP contribution is 2.43. The Labute approximate surface area is 255 Å². The van der Waals surface area contributed by atoms with E-state index < -0.39 is 0 Å². The average molecular weight is 561 g/mol. The molecule has 2 nitrogen and oxygen atoms in total. The monoisotopic (exact) mass is 560 g/mol. The first kappa shape index (κ1) is 24.7. The van der Waals surface area contributed by atoms with Crippen molar-refractivity contribution in [3.63, 3.8) is 0 Å². The third-order valence-corrected chi connectivity index (χ3v) is 8.93. The molecule has 0 saturated heterocycles. The lowest BCUT2D eigenvalue weighted by atomic mass is 9.99. The van der Waals surface area contributed by atoms with E-state index in [-0.39, 0.29) is 0 Å². The fourth-order valence-corrected chi connectivity index (χ4v) is 7.02. The number of hydrogen-bond acceptors (Lipinski definition) is 0. The smallest absolute Gasteiger partial charge is 0.0620 e. The molecular formula is C42H28N2. The summed E-state index contributed by atoms with van der Waals surface area (Å²) in [6.45, 7) is 0. The summed E-state index contributed by atoms with van der Waals surface area (Å²) >= 11 is 0. The lowest BCUT2D eigenvalue weighted by Crippen LogP contribution is -1.98. The van der Waals surface area contributed by atoms with Crippen molar-refractivity contribution >= 4 is 43.6 Å². The molecule has 0 fully saturated rings. The van der Waals surface area contributed by atoms with E-state index in [1.54, 1.807) is 0 Å². The Kier molecular flexibility index (Phi) is 5.54. The van der Waals surface area contributed by atoms with Crippen LogP contribution < -0.4 is 0 Å². The van der Waals surface area contributed by atoms with Crippen molar-refractivity contribution in [2.24, 2.45) is 0 Å². The average Bonchev–Trinajstić information content (AvgIpc) is 3.63. The minimum atomic E-state index is 1.15. The van der Waals surface area contributed by atoms with Crippen molar-refractivity contribution in [2.45, 2.75) is 0 Å². The van der Waals surface area contributed by atoms with E-state index in [1.165, 1.54) is 65.9 Å². The Morgan fingerprint density at radius 1 is 0.273 bits per heavy atom. The van der Waals surface area contributed by atoms with Gasteiger partial charge in [0.25, 0.3) is 0 Å². The Bertz CT molecular complexity index is 2460. The number of hydrogen-bond donors (Lipinski definition) is 0. The molecule has 0 bridgehead atoms. The van der Waals surface area contributed by atoms with Gasteiger partial charge >= 0.3 is 0 Å². The summed E-state index contributed by atoms with van der Waals surface area (Å²) < 4.78 is 4.88. The summed E-state index contributed by atoms with van der Waals surface area (Å²) in [5.74, 6) is 0. The molecule has 206 valence electrons. The molecule has 9 rings (SSSR count). The third-order valence-electron chi connectivity index (χ3n) is 8.93. The van der Waals surface area contributed by atoms with Crippen LogP contribution >= 0.6 is 0 Å². The van der Waals surface area contributed by atoms with Crippen molar-refractivity contribution in [1.82, 2.24) is 9.13 Å². The first-order valence-corrected chi connectivity index (χ1v) is 15.1. The molecule has 0 unspecified atom stereocenters. The van der Waals surface area contributed by atoms with E-state index in [4.69, 9.17) is 0 Å². The maximum atomic E-state index is 2.45. The molecule has 0 radical (unpaired) electrons. The van der Waals surface area contributed by atoms with Gasteiger partial charge in [0.1, 0.15) is 0 Å². The second-order valence-corrected chi connectivity index (χ2v) is 11.4. The third kappa shape index (κ3) is 3.68. The summed E-state index contributed by atoms with van der Waals surface area (Å²) in [6, 6.07) is 61.4. The van der Waals surface area contributed by atoms with Gasteiger partial charge in [-0.2, -0.15) is 0 Å². The van der Waals surface area contributed by atoms with Crippen LogP contribution in [0, 0.1) is 0 Å². The maximum absolute atomic E-state index is 2.45. The standard InChI is InChI=1S/C42H28N2/c1-3-13-29(14-4-1)30-25-27-32(28-26-30)44-40-24-10-8-18-34(40)36-20-12-22-38(42(36)44)37-21-11-19-35-33-17-7-9-23-39(33)43(41(35)37)31-15-5-2-6-16-31/h1-28H. The maximum Gasteiger partial charge on any atom is 0.0620 e. The van der Waals surface area contributed by atoms with Crippen LogP contribution in [0.25, 0.3) is 77.2 Å². The van der Waals surface area contributed by atoms with Gasteiger partial charge in [-0.1, -0.05) is 133 Å². The molecule has 2 aromatic heterocycles. The molecule has 0 amide bonds. The summed E-state index contributed by atoms with van der Waals surface area (Å²) in [6.07, 6.45) is 0. The van der Waals surface area contributed by atoms with Crippen LogP contribution in [0.4, 0.5) is 0 Å². The normalized spacial score (nSPS) is 11.6. The van der Waals surface area contributed by atoms with E-state index in [1.807, 2.05) is 0 Å². The second-order valence-electron chi connectivity index (χ2n) is 11.4. The van der Waals surface area contributed by atoms with Gasteiger partial charge in [0.2, 0.25) is 0 Å². The molecule has 0 spiro atoms. The van der Waals surface area contributed by atoms with Gasteiger partial charge in [-0.25, -0.2) is 0 Å². The van der Waals surface area contributed by atoms with Crippen LogP contribution in [0.3, 0.4) is 0 Å². The number of nitrogens with zero attached hydrogens (tertiary/aromatic N) is 2. The van der Waals surface area contributed by atoms with Crippen LogP contribution in [0.2, 0.25) is 0 Å². The number of para-hydroxylation sites is 5. The fourth-order valence-electron chi connectivity index (χ4n) is 7.02. The molecule has 0 aliphatic carbocycles. The van der Waals surface area contributed by atoms with Crippen molar-refractivity contribution in [3.8, 4) is 33.6 Å². The molecule has 0 saturated carbocycles. The molecule has 2 heteroatoms. The highest BCUT2D eigenvalue weighted by molar-refractivity contribution is 6.19. The highest BCUT2D eigenvalue weighted by atomic mass is 15.0. The van der Waals surface area contributed by atoms with Gasteiger partial charge < -0.3 is 9.13 Å². The Morgan fingerprint density at radius 2 is 0.682 bits per heavy atom. The predicted molar refractivity (Wildman–Crippen MR) is 186 cm³/mol. The Balaban J connectivity index is 1.38. The van der Waals surface area contributed by atoms with Crippen LogP contribution in [-0.4, -0.2) is 9.13 Å². The van der Waals surface area contributed by atoms with E-state index in [9.17, 15) is 0 Å². The highest BCUT2D eigenvalue weighted by Gasteiger charge is 2.21. The predicted octanol–water partition coefficient (Wildman–Crippen LogP) is 11.2. The first-order chi connectivity index (χ1) is 21.9. The molecule has 2 heterocycles. The summed E-state index contributed by atoms with van der Waals surface area (Å²) in [5.41, 5.74) is 12.1. The van der Waals surface area contributed by atoms with E-state index in [0.29, 0.717) is 0 Å². The summed E-state index contributed by atoms with van der Waals surface area (Å²) in [4.78, 5) is 0. The number of benzene rings is 7. The SMILES string of the molecule is c1ccc(-c2ccc(-n3c4ccccc4c4cccc(-c5cccc6c7ccccc7n(-c7ccccc7)c56)c43)cc2)cc1. The van der Waals surface area contributed by atoms with Gasteiger partial charge in [0.15, 0.2) is 0 Å². The summed E-state index contributed by atoms with van der Waals surface area (Å²) in [5, 5.41) is 5.03. The number of rotatable bonds is 4. The molecule has 0 aliphatic rings. The number of fused-ring (bicyclic) bond motifs is 6. The van der Waals surface area contributed by atoms with Crippen molar-refractivity contribution in [3.05, 3.63) is 170 Å². The molecule has 7 aromatic carbocycles. The van der Waals surface area contributed by atoms with Gasteiger partial charge in [0.05, 0.1) is 22.1 Å². The molecule has 0 atom stereocenters. The fraction of sp³-hybridized carbons (Fsp3) is 0. The number of aromatic nitrogens is 2. The van der Waals surface area contributed by atoms with Crippen LogP contribution in [0.5, 0.6) is 0 Å². The minimum absolute atomic E-state index is 1.15. The molecule has 44 heavy (non-hydrogen) atoms. The van der Waals surface area contributed by atoms with Crippen molar-refractivity contribution < 1.29 is 0 Å². The molecular weight excluding hydrogens is 532 g/mol. The van der Waals surface area contributed by atoms with Crippen LogP contribution in [-0.2, 0) is 0 Å². The lowest BCUT2D eigenvalue weighted by molar-refractivity contribution is 1.17. The van der Waals surface area contributed by atoms with Crippen LogP contribution in [0.15, 0.2) is 170 Å². The topological polar surface area (TPSA) is 9.86 Å². The van der Waals surface area contributed by atoms with Crippen molar-refractivity contribution in [1.29, 1.82) is 0 Å². The van der Waals surface area contributed by atoms with Crippen molar-refractivity contribution in [2.75, 3.05) is 0 Å². The zero-order valence-electron chi connectivity index (χ0n) is 24.1. The van der Waals surface area contributed by atoms with Gasteiger partial charge in [-0.05, 0) is 47.5 Å². The second kappa shape index (κ2) is 9.86. The quantitative estimate of drug-likeness (QED) is 0.203. The summed E-state index contributed by atoms with van der Waals surface area (Å²) in [7, 11) is 0. The van der Waals surface area contributed by atoms with E-state index in [0.717, 1.165) is 11.4 Å².